The number of nitrogens with one attached hydrogen (secondary N) is 1. The fourth-order valence-electron chi connectivity index (χ4n) is 1.92. The molecule has 0 saturated carbocycles. The van der Waals surface area contributed by atoms with Gasteiger partial charge in [0, 0.05) is 35.6 Å². The van der Waals surface area contributed by atoms with Crippen molar-refractivity contribution >= 4 is 17.3 Å². The van der Waals surface area contributed by atoms with Crippen LogP contribution in [0.1, 0.15) is 11.5 Å². The average molecular weight is 278 g/mol. The lowest BCUT2D eigenvalue weighted by Crippen LogP contribution is -2.26. The van der Waals surface area contributed by atoms with Crippen molar-refractivity contribution in [2.24, 2.45) is 0 Å². The van der Waals surface area contributed by atoms with Crippen molar-refractivity contribution in [1.82, 2.24) is 9.55 Å². The van der Waals surface area contributed by atoms with Crippen molar-refractivity contribution in [2.45, 2.75) is 20.4 Å². The van der Waals surface area contributed by atoms with Crippen LogP contribution in [-0.4, -0.2) is 16.1 Å². The van der Waals surface area contributed by atoms with Gasteiger partial charge in [-0.1, -0.05) is 11.6 Å². The topological polar surface area (TPSA) is 46.9 Å². The van der Waals surface area contributed by atoms with Crippen molar-refractivity contribution < 1.29 is 0 Å². The summed E-state index contributed by atoms with van der Waals surface area (Å²) in [7, 11) is 0. The van der Waals surface area contributed by atoms with Gasteiger partial charge in [-0.25, -0.2) is 4.98 Å². The van der Waals surface area contributed by atoms with Crippen LogP contribution in [0, 0.1) is 13.8 Å². The number of aromatic nitrogens is 2. The highest BCUT2D eigenvalue weighted by molar-refractivity contribution is 6.30. The minimum Gasteiger partial charge on any atom is -0.383 e. The number of aryl methyl sites for hydroxylation is 2. The molecule has 0 atom stereocenters. The Kier molecular flexibility index (Phi) is 4.22. The first-order chi connectivity index (χ1) is 9.06. The SMILES string of the molecule is Cc1cc(=O)n(CCNc2ccc(Cl)cc2)c(C)n1. The van der Waals surface area contributed by atoms with Gasteiger partial charge in [0.05, 0.1) is 0 Å². The molecule has 19 heavy (non-hydrogen) atoms. The normalized spacial score (nSPS) is 10.5. The molecule has 0 bridgehead atoms. The Hall–Kier alpha value is -1.81. The summed E-state index contributed by atoms with van der Waals surface area (Å²) in [6.07, 6.45) is 0. The van der Waals surface area contributed by atoms with E-state index in [2.05, 4.69) is 10.3 Å². The monoisotopic (exact) mass is 277 g/mol. The molecule has 0 saturated heterocycles. The Morgan fingerprint density at radius 2 is 1.95 bits per heavy atom. The predicted octanol–water partition coefficient (Wildman–Crippen LogP) is 2.63. The smallest absolute Gasteiger partial charge is 0.253 e. The lowest BCUT2D eigenvalue weighted by molar-refractivity contribution is 0.648. The van der Waals surface area contributed by atoms with Gasteiger partial charge in [0.2, 0.25) is 0 Å². The summed E-state index contributed by atoms with van der Waals surface area (Å²) in [5.41, 5.74) is 1.72. The maximum Gasteiger partial charge on any atom is 0.253 e. The summed E-state index contributed by atoms with van der Waals surface area (Å²) < 4.78 is 1.66. The molecule has 1 heterocycles. The standard InChI is InChI=1S/C14H16ClN3O/c1-10-9-14(19)18(11(2)17-10)8-7-16-13-5-3-12(15)4-6-13/h3-6,9,16H,7-8H2,1-2H3. The summed E-state index contributed by atoms with van der Waals surface area (Å²) in [6.45, 7) is 4.91. The van der Waals surface area contributed by atoms with E-state index in [0.717, 1.165) is 17.2 Å². The second-order valence-electron chi connectivity index (χ2n) is 4.37. The molecule has 0 fully saturated rings. The van der Waals surface area contributed by atoms with E-state index in [1.807, 2.05) is 38.1 Å². The van der Waals surface area contributed by atoms with Gasteiger partial charge in [-0.3, -0.25) is 9.36 Å². The van der Waals surface area contributed by atoms with Gasteiger partial charge in [-0.05, 0) is 38.1 Å². The van der Waals surface area contributed by atoms with Crippen molar-refractivity contribution in [3.05, 3.63) is 57.2 Å². The maximum atomic E-state index is 11.8. The van der Waals surface area contributed by atoms with Gasteiger partial charge < -0.3 is 5.32 Å². The summed E-state index contributed by atoms with van der Waals surface area (Å²) in [5, 5.41) is 3.95. The molecule has 0 aliphatic rings. The Bertz CT molecular complexity index is 620. The van der Waals surface area contributed by atoms with Crippen LogP contribution in [0.3, 0.4) is 0 Å². The third-order valence-electron chi connectivity index (χ3n) is 2.84. The number of rotatable bonds is 4. The van der Waals surface area contributed by atoms with Crippen molar-refractivity contribution in [3.63, 3.8) is 0 Å². The molecule has 0 spiro atoms. The molecule has 1 aromatic carbocycles. The number of benzene rings is 1. The zero-order chi connectivity index (χ0) is 13.8. The molecule has 0 radical (unpaired) electrons. The molecule has 4 nitrogen and oxygen atoms in total. The fourth-order valence-corrected chi connectivity index (χ4v) is 2.04. The van der Waals surface area contributed by atoms with Gasteiger partial charge in [0.1, 0.15) is 5.82 Å². The van der Waals surface area contributed by atoms with E-state index in [0.29, 0.717) is 18.1 Å². The summed E-state index contributed by atoms with van der Waals surface area (Å²) in [6, 6.07) is 9.02. The molecular formula is C14H16ClN3O. The van der Waals surface area contributed by atoms with Crippen LogP contribution in [0.15, 0.2) is 35.1 Å². The van der Waals surface area contributed by atoms with E-state index in [1.165, 1.54) is 0 Å². The molecule has 0 amide bonds. The van der Waals surface area contributed by atoms with E-state index in [4.69, 9.17) is 11.6 Å². The van der Waals surface area contributed by atoms with Gasteiger partial charge in [0.25, 0.3) is 5.56 Å². The summed E-state index contributed by atoms with van der Waals surface area (Å²) >= 11 is 5.82. The zero-order valence-corrected chi connectivity index (χ0v) is 11.7. The number of nitrogens with zero attached hydrogens (tertiary/aromatic N) is 2. The first-order valence-corrected chi connectivity index (χ1v) is 6.48. The summed E-state index contributed by atoms with van der Waals surface area (Å²) in [4.78, 5) is 16.1. The summed E-state index contributed by atoms with van der Waals surface area (Å²) in [5.74, 6) is 0.739. The second-order valence-corrected chi connectivity index (χ2v) is 4.80. The van der Waals surface area contributed by atoms with Gasteiger partial charge >= 0.3 is 0 Å². The minimum absolute atomic E-state index is 0.0112. The zero-order valence-electron chi connectivity index (χ0n) is 11.0. The number of hydrogen-bond donors (Lipinski definition) is 1. The van der Waals surface area contributed by atoms with Gasteiger partial charge in [-0.15, -0.1) is 0 Å². The maximum absolute atomic E-state index is 11.8. The lowest BCUT2D eigenvalue weighted by Gasteiger charge is -2.11. The highest BCUT2D eigenvalue weighted by Crippen LogP contribution is 2.12. The van der Waals surface area contributed by atoms with Crippen LogP contribution >= 0.6 is 11.6 Å². The van der Waals surface area contributed by atoms with Crippen LogP contribution in [0.25, 0.3) is 0 Å². The first-order valence-electron chi connectivity index (χ1n) is 6.11. The van der Waals surface area contributed by atoms with Crippen molar-refractivity contribution in [2.75, 3.05) is 11.9 Å². The highest BCUT2D eigenvalue weighted by Gasteiger charge is 2.02. The molecule has 1 N–H and O–H groups in total. The molecular weight excluding hydrogens is 262 g/mol. The van der Waals surface area contributed by atoms with Crippen LogP contribution in [0.4, 0.5) is 5.69 Å². The third-order valence-corrected chi connectivity index (χ3v) is 3.09. The Morgan fingerprint density at radius 1 is 1.26 bits per heavy atom. The van der Waals surface area contributed by atoms with Gasteiger partial charge in [0.15, 0.2) is 0 Å². The molecule has 5 heteroatoms. The minimum atomic E-state index is -0.0112. The van der Waals surface area contributed by atoms with E-state index in [-0.39, 0.29) is 5.56 Å². The molecule has 100 valence electrons. The second kappa shape index (κ2) is 5.89. The first kappa shape index (κ1) is 13.6. The third kappa shape index (κ3) is 3.58. The quantitative estimate of drug-likeness (QED) is 0.934. The lowest BCUT2D eigenvalue weighted by atomic mass is 10.3. The molecule has 2 aromatic rings. The van der Waals surface area contributed by atoms with Crippen LogP contribution in [0.5, 0.6) is 0 Å². The van der Waals surface area contributed by atoms with E-state index >= 15 is 0 Å². The Balaban J connectivity index is 2.00. The van der Waals surface area contributed by atoms with Crippen LogP contribution in [-0.2, 0) is 6.54 Å². The highest BCUT2D eigenvalue weighted by atomic mass is 35.5. The number of anilines is 1. The number of hydrogen-bond acceptors (Lipinski definition) is 3. The molecule has 0 aliphatic carbocycles. The molecule has 0 unspecified atom stereocenters. The number of halogens is 1. The Morgan fingerprint density at radius 3 is 2.58 bits per heavy atom. The average Bonchev–Trinajstić information content (AvgIpc) is 2.34. The van der Waals surface area contributed by atoms with E-state index < -0.39 is 0 Å². The molecule has 0 aliphatic heterocycles. The predicted molar refractivity (Wildman–Crippen MR) is 77.9 cm³/mol. The Labute approximate surface area is 117 Å². The molecule has 1 aromatic heterocycles. The van der Waals surface area contributed by atoms with E-state index in [9.17, 15) is 4.79 Å². The van der Waals surface area contributed by atoms with Crippen molar-refractivity contribution in [1.29, 1.82) is 0 Å². The van der Waals surface area contributed by atoms with Crippen LogP contribution in [0.2, 0.25) is 5.02 Å². The molecule has 2 rings (SSSR count). The fraction of sp³-hybridized carbons (Fsp3) is 0.286. The van der Waals surface area contributed by atoms with Gasteiger partial charge in [-0.2, -0.15) is 0 Å². The largest absolute Gasteiger partial charge is 0.383 e. The van der Waals surface area contributed by atoms with Crippen molar-refractivity contribution in [3.8, 4) is 0 Å². The van der Waals surface area contributed by atoms with E-state index in [1.54, 1.807) is 10.6 Å². The van der Waals surface area contributed by atoms with Crippen LogP contribution < -0.4 is 10.9 Å².